The van der Waals surface area contributed by atoms with Gasteiger partial charge in [-0.1, -0.05) is 30.3 Å². The van der Waals surface area contributed by atoms with E-state index in [-0.39, 0.29) is 31.2 Å². The van der Waals surface area contributed by atoms with E-state index in [1.165, 1.54) is 0 Å². The predicted octanol–water partition coefficient (Wildman–Crippen LogP) is 3.39. The van der Waals surface area contributed by atoms with Crippen LogP contribution in [0.1, 0.15) is 26.2 Å². The molecule has 1 saturated heterocycles. The van der Waals surface area contributed by atoms with Crippen molar-refractivity contribution in [2.24, 2.45) is 5.92 Å². The molecule has 30 heavy (non-hydrogen) atoms. The van der Waals surface area contributed by atoms with Crippen molar-refractivity contribution in [3.63, 3.8) is 0 Å². The third-order valence-electron chi connectivity index (χ3n) is 5.13. The Bertz CT molecular complexity index is 1070. The molecule has 0 spiro atoms. The van der Waals surface area contributed by atoms with E-state index in [1.54, 1.807) is 11.0 Å². The normalized spacial score (nSPS) is 19.0. The molecule has 0 radical (unpaired) electrons. The number of fused-ring (bicyclic) bond motifs is 1. The molecule has 2 unspecified atom stereocenters. The third-order valence-corrected chi connectivity index (χ3v) is 6.15. The van der Waals surface area contributed by atoms with Crippen molar-refractivity contribution in [2.45, 2.75) is 37.5 Å². The smallest absolute Gasteiger partial charge is 0.405 e. The lowest BCUT2D eigenvalue weighted by molar-refractivity contribution is -0.160. The average Bonchev–Trinajstić information content (AvgIpc) is 2.68. The quantitative estimate of drug-likeness (QED) is 0.545. The van der Waals surface area contributed by atoms with Crippen LogP contribution in [0.25, 0.3) is 10.8 Å². The minimum Gasteiger partial charge on any atom is -0.455 e. The Balaban J connectivity index is 1.67. The van der Waals surface area contributed by atoms with Crippen molar-refractivity contribution < 1.29 is 36.1 Å². The first kappa shape index (κ1) is 22.1. The third kappa shape index (κ3) is 4.59. The van der Waals surface area contributed by atoms with Crippen LogP contribution in [0.2, 0.25) is 0 Å². The molecule has 1 amide bonds. The van der Waals surface area contributed by atoms with Gasteiger partial charge in [0, 0.05) is 18.7 Å². The van der Waals surface area contributed by atoms with Crippen LogP contribution in [-0.2, 0) is 24.4 Å². The zero-order chi connectivity index (χ0) is 22.1. The second-order valence-electron chi connectivity index (χ2n) is 7.31. The Hall–Kier alpha value is -2.59. The van der Waals surface area contributed by atoms with Crippen LogP contribution in [-0.4, -0.2) is 42.8 Å². The Labute approximate surface area is 172 Å². The van der Waals surface area contributed by atoms with Crippen LogP contribution in [0.4, 0.5) is 14.5 Å². The van der Waals surface area contributed by atoms with Gasteiger partial charge in [0.05, 0.1) is 6.42 Å². The van der Waals surface area contributed by atoms with E-state index in [2.05, 4.69) is 4.74 Å². The fraction of sp³-hybridized carbons (Fsp3) is 0.400. The summed E-state index contributed by atoms with van der Waals surface area (Å²) < 4.78 is 61.8. The number of alkyl halides is 2. The second-order valence-corrected chi connectivity index (χ2v) is 8.81. The van der Waals surface area contributed by atoms with E-state index in [0.717, 1.165) is 10.8 Å². The summed E-state index contributed by atoms with van der Waals surface area (Å²) in [6.07, 6.45) is -2.05. The zero-order valence-corrected chi connectivity index (χ0v) is 16.9. The first-order valence-electron chi connectivity index (χ1n) is 9.32. The van der Waals surface area contributed by atoms with Crippen LogP contribution in [0, 0.1) is 5.92 Å². The molecule has 7 nitrogen and oxygen atoms in total. The molecular weight excluding hydrogens is 420 g/mol. The summed E-state index contributed by atoms with van der Waals surface area (Å²) in [6, 6.07) is 13.2. The fourth-order valence-electron chi connectivity index (χ4n) is 3.43. The summed E-state index contributed by atoms with van der Waals surface area (Å²) in [5.74, 6) is -1.47. The molecule has 3 rings (SSSR count). The van der Waals surface area contributed by atoms with Crippen LogP contribution in [0.3, 0.4) is 0 Å². The van der Waals surface area contributed by atoms with E-state index in [0.29, 0.717) is 19.0 Å². The van der Waals surface area contributed by atoms with Crippen LogP contribution in [0.5, 0.6) is 0 Å². The molecular formula is C20H21F2NO6S. The largest absolute Gasteiger partial charge is 0.455 e. The number of amides is 1. The number of esters is 1. The topological polar surface area (TPSA) is 101 Å². The second kappa shape index (κ2) is 8.27. The molecule has 1 N–H and O–H groups in total. The molecule has 162 valence electrons. The van der Waals surface area contributed by atoms with E-state index in [4.69, 9.17) is 4.55 Å². The highest BCUT2D eigenvalue weighted by atomic mass is 32.2. The maximum absolute atomic E-state index is 13.6. The van der Waals surface area contributed by atoms with Gasteiger partial charge in [-0.15, -0.1) is 0 Å². The molecule has 1 aliphatic heterocycles. The minimum atomic E-state index is -5.71. The number of carbonyl (C=O) groups excluding carboxylic acids is 2. The van der Waals surface area contributed by atoms with E-state index < -0.39 is 27.4 Å². The lowest BCUT2D eigenvalue weighted by Crippen LogP contribution is -2.43. The van der Waals surface area contributed by atoms with E-state index >= 15 is 0 Å². The molecule has 0 aliphatic carbocycles. The van der Waals surface area contributed by atoms with Gasteiger partial charge in [0.15, 0.2) is 6.10 Å². The van der Waals surface area contributed by atoms with Crippen molar-refractivity contribution in [3.05, 3.63) is 42.5 Å². The highest BCUT2D eigenvalue weighted by Crippen LogP contribution is 2.30. The lowest BCUT2D eigenvalue weighted by atomic mass is 9.93. The molecule has 0 saturated carbocycles. The number of ether oxygens (including phenoxy) is 1. The predicted molar refractivity (Wildman–Crippen MR) is 106 cm³/mol. The Morgan fingerprint density at radius 3 is 2.60 bits per heavy atom. The number of piperidine rings is 1. The van der Waals surface area contributed by atoms with Gasteiger partial charge in [-0.25, -0.2) is 0 Å². The van der Waals surface area contributed by atoms with Gasteiger partial charge in [0.25, 0.3) is 0 Å². The lowest BCUT2D eigenvalue weighted by Gasteiger charge is -2.32. The number of hydrogen-bond acceptors (Lipinski definition) is 5. The SMILES string of the molecule is CC(OC(=O)CC1CCC(=O)N(c2ccc3ccccc3c2)C1)C(F)(F)S(=O)(=O)O. The maximum Gasteiger partial charge on any atom is 0.405 e. The van der Waals surface area contributed by atoms with Gasteiger partial charge in [0.2, 0.25) is 5.91 Å². The number of halogens is 2. The van der Waals surface area contributed by atoms with E-state index in [9.17, 15) is 26.8 Å². The van der Waals surface area contributed by atoms with E-state index in [1.807, 2.05) is 36.4 Å². The van der Waals surface area contributed by atoms with Gasteiger partial charge in [-0.05, 0) is 42.2 Å². The highest BCUT2D eigenvalue weighted by Gasteiger charge is 2.52. The molecule has 10 heteroatoms. The molecule has 2 aromatic carbocycles. The summed E-state index contributed by atoms with van der Waals surface area (Å²) in [7, 11) is -5.71. The number of benzene rings is 2. The van der Waals surface area contributed by atoms with Crippen LogP contribution in [0.15, 0.2) is 42.5 Å². The Kier molecular flexibility index (Phi) is 6.09. The fourth-order valence-corrected chi connectivity index (χ4v) is 3.90. The monoisotopic (exact) mass is 441 g/mol. The van der Waals surface area contributed by atoms with Crippen LogP contribution >= 0.6 is 0 Å². The van der Waals surface area contributed by atoms with Crippen LogP contribution < -0.4 is 4.90 Å². The first-order valence-corrected chi connectivity index (χ1v) is 10.8. The zero-order valence-electron chi connectivity index (χ0n) is 16.1. The molecule has 1 fully saturated rings. The molecule has 1 heterocycles. The molecule has 1 aliphatic rings. The molecule has 0 bridgehead atoms. The first-order chi connectivity index (χ1) is 14.0. The average molecular weight is 441 g/mol. The van der Waals surface area contributed by atoms with Crippen molar-refractivity contribution in [1.29, 1.82) is 0 Å². The number of hydrogen-bond donors (Lipinski definition) is 1. The summed E-state index contributed by atoms with van der Waals surface area (Å²) in [5, 5.41) is -2.65. The van der Waals surface area contributed by atoms with Gasteiger partial charge >= 0.3 is 21.3 Å². The number of rotatable bonds is 6. The Morgan fingerprint density at radius 2 is 1.93 bits per heavy atom. The summed E-state index contributed by atoms with van der Waals surface area (Å²) >= 11 is 0. The number of carbonyl (C=O) groups is 2. The van der Waals surface area contributed by atoms with Crippen molar-refractivity contribution >= 4 is 38.5 Å². The summed E-state index contributed by atoms with van der Waals surface area (Å²) in [5.41, 5.74) is 0.669. The van der Waals surface area contributed by atoms with Gasteiger partial charge < -0.3 is 9.64 Å². The number of nitrogens with zero attached hydrogens (tertiary/aromatic N) is 1. The summed E-state index contributed by atoms with van der Waals surface area (Å²) in [6.45, 7) is 0.896. The van der Waals surface area contributed by atoms with Gasteiger partial charge in [0.1, 0.15) is 0 Å². The Morgan fingerprint density at radius 1 is 1.27 bits per heavy atom. The molecule has 2 atom stereocenters. The van der Waals surface area contributed by atoms with Gasteiger partial charge in [-0.3, -0.25) is 14.1 Å². The highest BCUT2D eigenvalue weighted by molar-refractivity contribution is 7.86. The van der Waals surface area contributed by atoms with Crippen molar-refractivity contribution in [3.8, 4) is 0 Å². The standard InChI is InChI=1S/C20H21F2NO6S/c1-13(20(21,22)30(26,27)28)29-19(25)10-14-6-9-18(24)23(12-14)17-8-7-15-4-2-3-5-16(15)11-17/h2-5,7-8,11,13-14H,6,9-10,12H2,1H3,(H,26,27,28). The van der Waals surface area contributed by atoms with Crippen molar-refractivity contribution in [1.82, 2.24) is 0 Å². The minimum absolute atomic E-state index is 0.110. The molecule has 2 aromatic rings. The molecule has 0 aromatic heterocycles. The number of anilines is 1. The summed E-state index contributed by atoms with van der Waals surface area (Å²) in [4.78, 5) is 26.0. The maximum atomic E-state index is 13.6. The van der Waals surface area contributed by atoms with Gasteiger partial charge in [-0.2, -0.15) is 17.2 Å². The van der Waals surface area contributed by atoms with Crippen molar-refractivity contribution in [2.75, 3.05) is 11.4 Å².